The summed E-state index contributed by atoms with van der Waals surface area (Å²) in [5.74, 6) is -0.590. The summed E-state index contributed by atoms with van der Waals surface area (Å²) in [6.07, 6.45) is -0.0604. The Hall–Kier alpha value is -1.89. The number of rotatable bonds is 4. The number of hydrogen-bond donors (Lipinski definition) is 1. The van der Waals surface area contributed by atoms with Crippen LogP contribution in [0.2, 0.25) is 0 Å². The molecule has 0 saturated heterocycles. The average molecular weight is 282 g/mol. The monoisotopic (exact) mass is 282 g/mol. The van der Waals surface area contributed by atoms with Crippen LogP contribution in [0.4, 0.5) is 0 Å². The topological polar surface area (TPSA) is 87.0 Å². The highest BCUT2D eigenvalue weighted by Gasteiger charge is 2.31. The summed E-state index contributed by atoms with van der Waals surface area (Å²) in [7, 11) is -3.65. The summed E-state index contributed by atoms with van der Waals surface area (Å²) >= 11 is 0. The third-order valence-electron chi connectivity index (χ3n) is 2.89. The number of carboxylic acid groups (broad SMARTS) is 1. The van der Waals surface area contributed by atoms with Crippen LogP contribution in [0.3, 0.4) is 0 Å². The van der Waals surface area contributed by atoms with Gasteiger partial charge in [0.25, 0.3) is 10.0 Å². The first-order valence-electron chi connectivity index (χ1n) is 5.87. The maximum Gasteiger partial charge on any atom is 0.305 e. The van der Waals surface area contributed by atoms with Crippen LogP contribution in [-0.4, -0.2) is 43.3 Å². The largest absolute Gasteiger partial charge is 0.481 e. The van der Waals surface area contributed by atoms with Crippen molar-refractivity contribution in [3.8, 4) is 0 Å². The summed E-state index contributed by atoms with van der Waals surface area (Å²) in [4.78, 5) is 12.5. The lowest BCUT2D eigenvalue weighted by atomic mass is 10.2. The standard InChI is InChI=1S/C12H14N2O4S/c1-2-14(8-7-11(15)16)12-9-5-3-4-6-10(9)19(17,18)13-12/h3-6H,2,7-8H2,1H3,(H,15,16). The van der Waals surface area contributed by atoms with Gasteiger partial charge in [0.05, 0.1) is 6.42 Å². The van der Waals surface area contributed by atoms with Crippen LogP contribution in [-0.2, 0) is 14.8 Å². The van der Waals surface area contributed by atoms with Crippen LogP contribution in [0.5, 0.6) is 0 Å². The van der Waals surface area contributed by atoms with Gasteiger partial charge < -0.3 is 10.0 Å². The van der Waals surface area contributed by atoms with Crippen LogP contribution in [0, 0.1) is 0 Å². The molecule has 2 rings (SSSR count). The van der Waals surface area contributed by atoms with Gasteiger partial charge >= 0.3 is 5.97 Å². The minimum atomic E-state index is -3.65. The van der Waals surface area contributed by atoms with Gasteiger partial charge in [-0.15, -0.1) is 4.40 Å². The summed E-state index contributed by atoms with van der Waals surface area (Å²) in [5.41, 5.74) is 0.537. The summed E-state index contributed by atoms with van der Waals surface area (Å²) in [6, 6.07) is 6.57. The van der Waals surface area contributed by atoms with Crippen molar-refractivity contribution in [3.63, 3.8) is 0 Å². The molecule has 6 nitrogen and oxygen atoms in total. The molecule has 0 radical (unpaired) electrons. The number of carbonyl (C=O) groups is 1. The average Bonchev–Trinajstić information content (AvgIpc) is 2.63. The summed E-state index contributed by atoms with van der Waals surface area (Å²) < 4.78 is 27.5. The van der Waals surface area contributed by atoms with Crippen LogP contribution in [0.1, 0.15) is 18.9 Å². The van der Waals surface area contributed by atoms with E-state index >= 15 is 0 Å². The fraction of sp³-hybridized carbons (Fsp3) is 0.333. The number of nitrogens with zero attached hydrogens (tertiary/aromatic N) is 2. The molecule has 7 heteroatoms. The number of sulfonamides is 1. The highest BCUT2D eigenvalue weighted by atomic mass is 32.2. The molecule has 0 amide bonds. The summed E-state index contributed by atoms with van der Waals surface area (Å²) in [6.45, 7) is 2.56. The molecule has 0 bridgehead atoms. The van der Waals surface area contributed by atoms with E-state index in [1.807, 2.05) is 6.92 Å². The Bertz CT molecular complexity index is 637. The van der Waals surface area contributed by atoms with Gasteiger partial charge in [-0.2, -0.15) is 8.42 Å². The van der Waals surface area contributed by atoms with Crippen LogP contribution < -0.4 is 0 Å². The molecule has 0 spiro atoms. The first-order chi connectivity index (χ1) is 8.95. The summed E-state index contributed by atoms with van der Waals surface area (Å²) in [5, 5.41) is 8.71. The molecular weight excluding hydrogens is 268 g/mol. The van der Waals surface area contributed by atoms with E-state index in [4.69, 9.17) is 5.11 Å². The lowest BCUT2D eigenvalue weighted by Crippen LogP contribution is -2.32. The van der Waals surface area contributed by atoms with Crippen LogP contribution in [0.15, 0.2) is 33.6 Å². The minimum Gasteiger partial charge on any atom is -0.481 e. The smallest absolute Gasteiger partial charge is 0.305 e. The van der Waals surface area contributed by atoms with E-state index in [9.17, 15) is 13.2 Å². The van der Waals surface area contributed by atoms with Crippen molar-refractivity contribution >= 4 is 21.8 Å². The van der Waals surface area contributed by atoms with Gasteiger partial charge in [-0.1, -0.05) is 12.1 Å². The predicted octanol–water partition coefficient (Wildman–Crippen LogP) is 0.932. The molecule has 1 heterocycles. The molecule has 0 saturated carbocycles. The second-order valence-electron chi connectivity index (χ2n) is 4.11. The Morgan fingerprint density at radius 3 is 2.68 bits per heavy atom. The van der Waals surface area contributed by atoms with E-state index in [0.717, 1.165) is 0 Å². The van der Waals surface area contributed by atoms with Crippen molar-refractivity contribution in [2.75, 3.05) is 13.1 Å². The van der Waals surface area contributed by atoms with E-state index in [-0.39, 0.29) is 17.9 Å². The molecule has 1 aromatic rings. The lowest BCUT2D eigenvalue weighted by molar-refractivity contribution is -0.137. The number of fused-ring (bicyclic) bond motifs is 1. The van der Waals surface area contributed by atoms with Gasteiger partial charge in [0.1, 0.15) is 4.90 Å². The molecule has 19 heavy (non-hydrogen) atoms. The number of amidine groups is 1. The van der Waals surface area contributed by atoms with Gasteiger partial charge in [0.15, 0.2) is 5.84 Å². The lowest BCUT2D eigenvalue weighted by Gasteiger charge is -2.21. The van der Waals surface area contributed by atoms with Crippen molar-refractivity contribution in [2.45, 2.75) is 18.2 Å². The molecule has 0 aliphatic carbocycles. The van der Waals surface area contributed by atoms with E-state index < -0.39 is 16.0 Å². The van der Waals surface area contributed by atoms with E-state index in [1.165, 1.54) is 6.07 Å². The van der Waals surface area contributed by atoms with Crippen molar-refractivity contribution in [1.82, 2.24) is 4.90 Å². The third kappa shape index (κ3) is 2.60. The maximum absolute atomic E-state index is 11.9. The molecule has 1 N–H and O–H groups in total. The number of carboxylic acids is 1. The van der Waals surface area contributed by atoms with Gasteiger partial charge in [-0.25, -0.2) is 0 Å². The molecule has 0 fully saturated rings. The van der Waals surface area contributed by atoms with Crippen molar-refractivity contribution in [1.29, 1.82) is 0 Å². The zero-order chi connectivity index (χ0) is 14.0. The van der Waals surface area contributed by atoms with Crippen molar-refractivity contribution in [3.05, 3.63) is 29.8 Å². The first-order valence-corrected chi connectivity index (χ1v) is 7.31. The van der Waals surface area contributed by atoms with Gasteiger partial charge in [-0.3, -0.25) is 4.79 Å². The van der Waals surface area contributed by atoms with Crippen molar-refractivity contribution in [2.24, 2.45) is 4.40 Å². The maximum atomic E-state index is 11.9. The Labute approximate surface area is 111 Å². The Kier molecular flexibility index (Phi) is 3.57. The van der Waals surface area contributed by atoms with E-state index in [2.05, 4.69) is 4.40 Å². The Morgan fingerprint density at radius 1 is 1.37 bits per heavy atom. The molecule has 0 aromatic heterocycles. The Balaban J connectivity index is 2.37. The predicted molar refractivity (Wildman–Crippen MR) is 69.7 cm³/mol. The number of aliphatic carboxylic acids is 1. The number of hydrogen-bond acceptors (Lipinski definition) is 4. The second kappa shape index (κ2) is 5.00. The van der Waals surface area contributed by atoms with Gasteiger partial charge in [-0.05, 0) is 19.1 Å². The van der Waals surface area contributed by atoms with Crippen molar-refractivity contribution < 1.29 is 18.3 Å². The second-order valence-corrected chi connectivity index (χ2v) is 5.68. The molecule has 0 atom stereocenters. The molecule has 1 aliphatic rings. The van der Waals surface area contributed by atoms with E-state index in [1.54, 1.807) is 23.1 Å². The fourth-order valence-corrected chi connectivity index (χ4v) is 3.19. The molecule has 1 aromatic carbocycles. The zero-order valence-corrected chi connectivity index (χ0v) is 11.2. The zero-order valence-electron chi connectivity index (χ0n) is 10.4. The quantitative estimate of drug-likeness (QED) is 0.887. The van der Waals surface area contributed by atoms with Crippen LogP contribution >= 0.6 is 0 Å². The molecule has 0 unspecified atom stereocenters. The van der Waals surface area contributed by atoms with Gasteiger partial charge in [0.2, 0.25) is 0 Å². The Morgan fingerprint density at radius 2 is 2.05 bits per heavy atom. The molecule has 102 valence electrons. The molecule has 1 aliphatic heterocycles. The first kappa shape index (κ1) is 13.5. The third-order valence-corrected chi connectivity index (χ3v) is 4.21. The van der Waals surface area contributed by atoms with E-state index in [0.29, 0.717) is 17.9 Å². The fourth-order valence-electron chi connectivity index (χ4n) is 1.96. The normalized spacial score (nSPS) is 15.7. The SMILES string of the molecule is CCN(CCC(=O)O)C1=NS(=O)(=O)c2ccccc21. The highest BCUT2D eigenvalue weighted by molar-refractivity contribution is 7.90. The number of benzene rings is 1. The van der Waals surface area contributed by atoms with Crippen LogP contribution in [0.25, 0.3) is 0 Å². The molecular formula is C12H14N2O4S. The van der Waals surface area contributed by atoms with Gasteiger partial charge in [0, 0.05) is 18.7 Å². The highest BCUT2D eigenvalue weighted by Crippen LogP contribution is 2.27. The minimum absolute atomic E-state index is 0.0604.